The number of hydrogen-bond donors (Lipinski definition) is 1. The zero-order valence-corrected chi connectivity index (χ0v) is 5.54. The van der Waals surface area contributed by atoms with Crippen LogP contribution in [0.4, 0.5) is 0 Å². The zero-order valence-electron chi connectivity index (χ0n) is 5.54. The van der Waals surface area contributed by atoms with E-state index in [0.29, 0.717) is 5.82 Å². The molecule has 0 amide bonds. The Hall–Kier alpha value is -0.960. The van der Waals surface area contributed by atoms with E-state index in [0.717, 1.165) is 6.54 Å². The smallest absolute Gasteiger partial charge is 0.110 e. The first-order chi connectivity index (χ1) is 4.22. The van der Waals surface area contributed by atoms with Gasteiger partial charge in [0.25, 0.3) is 0 Å². The van der Waals surface area contributed by atoms with Gasteiger partial charge in [0.1, 0.15) is 5.82 Å². The van der Waals surface area contributed by atoms with Crippen LogP contribution in [0.25, 0.3) is 0 Å². The molecular formula is C6H11N3. The lowest BCUT2D eigenvalue weighted by molar-refractivity contribution is 0.124. The Kier molecular flexibility index (Phi) is 1.44. The molecule has 0 bridgehead atoms. The van der Waals surface area contributed by atoms with Crippen LogP contribution < -0.4 is 5.73 Å². The van der Waals surface area contributed by atoms with Crippen LogP contribution in [0.1, 0.15) is 0 Å². The first-order valence-electron chi connectivity index (χ1n) is 2.83. The molecule has 0 unspecified atom stereocenters. The monoisotopic (exact) mass is 125 g/mol. The predicted octanol–water partition coefficient (Wildman–Crippen LogP) is 0.0924. The summed E-state index contributed by atoms with van der Waals surface area (Å²) in [6.07, 6.45) is 3.93. The normalized spacial score (nSPS) is 19.0. The maximum Gasteiger partial charge on any atom is 0.110 e. The van der Waals surface area contributed by atoms with Gasteiger partial charge in [-0.25, -0.2) is 5.01 Å². The van der Waals surface area contributed by atoms with Crippen LogP contribution in [0.2, 0.25) is 0 Å². The molecule has 0 aromatic heterocycles. The summed E-state index contributed by atoms with van der Waals surface area (Å²) in [6, 6.07) is 0. The van der Waals surface area contributed by atoms with E-state index in [1.54, 1.807) is 5.01 Å². The van der Waals surface area contributed by atoms with Gasteiger partial charge in [-0.1, -0.05) is 12.7 Å². The molecule has 3 nitrogen and oxygen atoms in total. The van der Waals surface area contributed by atoms with Crippen LogP contribution >= 0.6 is 0 Å². The molecule has 0 radical (unpaired) electrons. The van der Waals surface area contributed by atoms with E-state index in [2.05, 4.69) is 6.58 Å². The van der Waals surface area contributed by atoms with E-state index < -0.39 is 0 Å². The van der Waals surface area contributed by atoms with E-state index >= 15 is 0 Å². The number of hydrogen-bond acceptors (Lipinski definition) is 3. The second-order valence-corrected chi connectivity index (χ2v) is 2.06. The fraction of sp³-hybridized carbons (Fsp3) is 0.333. The van der Waals surface area contributed by atoms with Crippen LogP contribution in [-0.4, -0.2) is 23.6 Å². The molecule has 0 saturated carbocycles. The summed E-state index contributed by atoms with van der Waals surface area (Å²) in [6.45, 7) is 4.51. The lowest BCUT2D eigenvalue weighted by Gasteiger charge is -2.23. The van der Waals surface area contributed by atoms with Crippen molar-refractivity contribution < 1.29 is 0 Å². The molecule has 0 aliphatic carbocycles. The second kappa shape index (κ2) is 2.11. The maximum absolute atomic E-state index is 5.43. The molecule has 1 rings (SSSR count). The molecule has 3 heteroatoms. The minimum absolute atomic E-state index is 0.561. The number of nitrogens with zero attached hydrogens (tertiary/aromatic N) is 2. The Labute approximate surface area is 55.0 Å². The Morgan fingerprint density at radius 2 is 2.44 bits per heavy atom. The van der Waals surface area contributed by atoms with Gasteiger partial charge in [-0.2, -0.15) is 0 Å². The summed E-state index contributed by atoms with van der Waals surface area (Å²) in [5.41, 5.74) is 5.43. The average molecular weight is 125 g/mol. The Balaban J connectivity index is 2.59. The number of rotatable bonds is 1. The minimum atomic E-state index is 0.561. The van der Waals surface area contributed by atoms with Crippen molar-refractivity contribution in [1.29, 1.82) is 0 Å². The van der Waals surface area contributed by atoms with Gasteiger partial charge in [-0.05, 0) is 0 Å². The van der Waals surface area contributed by atoms with Crippen molar-refractivity contribution in [2.75, 3.05) is 13.6 Å². The number of likely N-dealkylation sites (N-methyl/N-ethyl adjacent to an activating group) is 1. The van der Waals surface area contributed by atoms with Crippen molar-refractivity contribution >= 4 is 0 Å². The van der Waals surface area contributed by atoms with Gasteiger partial charge in [-0.3, -0.25) is 5.01 Å². The summed E-state index contributed by atoms with van der Waals surface area (Å²) in [4.78, 5) is 0. The molecule has 1 aliphatic rings. The highest BCUT2D eigenvalue weighted by Gasteiger charge is 2.10. The van der Waals surface area contributed by atoms with Gasteiger partial charge >= 0.3 is 0 Å². The van der Waals surface area contributed by atoms with Crippen molar-refractivity contribution in [2.24, 2.45) is 5.73 Å². The zero-order chi connectivity index (χ0) is 6.85. The Bertz CT molecular complexity index is 150. The van der Waals surface area contributed by atoms with Crippen molar-refractivity contribution in [1.82, 2.24) is 10.0 Å². The molecule has 9 heavy (non-hydrogen) atoms. The molecule has 0 aromatic carbocycles. The highest BCUT2D eigenvalue weighted by atomic mass is 15.6. The largest absolute Gasteiger partial charge is 0.385 e. The lowest BCUT2D eigenvalue weighted by Crippen LogP contribution is -2.33. The van der Waals surface area contributed by atoms with Crippen LogP contribution in [0, 0.1) is 0 Å². The summed E-state index contributed by atoms with van der Waals surface area (Å²) >= 11 is 0. The maximum atomic E-state index is 5.43. The molecule has 2 N–H and O–H groups in total. The fourth-order valence-corrected chi connectivity index (χ4v) is 0.816. The third-order valence-electron chi connectivity index (χ3n) is 1.28. The van der Waals surface area contributed by atoms with Crippen LogP contribution in [-0.2, 0) is 0 Å². The molecular weight excluding hydrogens is 114 g/mol. The molecule has 0 aromatic rings. The summed E-state index contributed by atoms with van der Waals surface area (Å²) in [5, 5.41) is 3.78. The molecule has 1 heterocycles. The molecule has 1 aliphatic heterocycles. The molecule has 0 spiro atoms. The van der Waals surface area contributed by atoms with Crippen molar-refractivity contribution in [3.8, 4) is 0 Å². The Morgan fingerprint density at radius 3 is 2.67 bits per heavy atom. The van der Waals surface area contributed by atoms with Gasteiger partial charge in [0, 0.05) is 19.8 Å². The fourth-order valence-electron chi connectivity index (χ4n) is 0.816. The second-order valence-electron chi connectivity index (χ2n) is 2.06. The van der Waals surface area contributed by atoms with Gasteiger partial charge in [0.2, 0.25) is 0 Å². The number of hydrazine groups is 1. The average Bonchev–Trinajstić information content (AvgIpc) is 2.13. The highest BCUT2D eigenvalue weighted by Crippen LogP contribution is 2.06. The standard InChI is InChI=1S/C6H11N3/c1-6(7)9-5-3-4-8(9)2/h3,5H,1,4,7H2,2H3. The Morgan fingerprint density at radius 1 is 1.78 bits per heavy atom. The predicted molar refractivity (Wildman–Crippen MR) is 36.9 cm³/mol. The van der Waals surface area contributed by atoms with Crippen LogP contribution in [0.15, 0.2) is 24.7 Å². The molecule has 0 fully saturated rings. The third-order valence-corrected chi connectivity index (χ3v) is 1.28. The number of nitrogens with two attached hydrogens (primary N) is 1. The van der Waals surface area contributed by atoms with E-state index in [1.807, 2.05) is 24.3 Å². The van der Waals surface area contributed by atoms with Gasteiger partial charge in [0.15, 0.2) is 0 Å². The topological polar surface area (TPSA) is 32.5 Å². The first kappa shape index (κ1) is 6.16. The molecule has 50 valence electrons. The van der Waals surface area contributed by atoms with Crippen molar-refractivity contribution in [3.63, 3.8) is 0 Å². The van der Waals surface area contributed by atoms with E-state index in [1.165, 1.54) is 0 Å². The lowest BCUT2D eigenvalue weighted by atomic mass is 10.6. The quantitative estimate of drug-likeness (QED) is 0.539. The highest BCUT2D eigenvalue weighted by molar-refractivity contribution is 5.00. The molecule has 0 saturated heterocycles. The summed E-state index contributed by atoms with van der Waals surface area (Å²) in [5.74, 6) is 0.561. The van der Waals surface area contributed by atoms with Gasteiger partial charge in [0.05, 0.1) is 0 Å². The van der Waals surface area contributed by atoms with Crippen molar-refractivity contribution in [2.45, 2.75) is 0 Å². The third kappa shape index (κ3) is 1.05. The summed E-state index contributed by atoms with van der Waals surface area (Å²) in [7, 11) is 1.96. The van der Waals surface area contributed by atoms with Crippen molar-refractivity contribution in [3.05, 3.63) is 24.7 Å². The molecule has 0 atom stereocenters. The van der Waals surface area contributed by atoms with Gasteiger partial charge < -0.3 is 5.73 Å². The van der Waals surface area contributed by atoms with E-state index in [4.69, 9.17) is 5.73 Å². The van der Waals surface area contributed by atoms with Crippen LogP contribution in [0.5, 0.6) is 0 Å². The first-order valence-corrected chi connectivity index (χ1v) is 2.83. The SMILES string of the molecule is C=C(N)N1C=CCN1C. The van der Waals surface area contributed by atoms with Gasteiger partial charge in [-0.15, -0.1) is 0 Å². The van der Waals surface area contributed by atoms with Crippen LogP contribution in [0.3, 0.4) is 0 Å². The van der Waals surface area contributed by atoms with E-state index in [9.17, 15) is 0 Å². The van der Waals surface area contributed by atoms with E-state index in [-0.39, 0.29) is 0 Å². The summed E-state index contributed by atoms with van der Waals surface area (Å²) < 4.78 is 0. The minimum Gasteiger partial charge on any atom is -0.385 e.